The lowest BCUT2D eigenvalue weighted by Gasteiger charge is -2.35. The highest BCUT2D eigenvalue weighted by Crippen LogP contribution is 2.32. The molecule has 1 fully saturated rings. The lowest BCUT2D eigenvalue weighted by molar-refractivity contribution is -0.138. The van der Waals surface area contributed by atoms with Crippen molar-refractivity contribution in [3.8, 4) is 0 Å². The molecule has 1 aromatic rings. The van der Waals surface area contributed by atoms with Gasteiger partial charge >= 0.3 is 6.18 Å². The van der Waals surface area contributed by atoms with E-state index >= 15 is 0 Å². The van der Waals surface area contributed by atoms with Gasteiger partial charge in [0.25, 0.3) is 0 Å². The summed E-state index contributed by atoms with van der Waals surface area (Å²) in [4.78, 5) is 2.20. The molecule has 0 aromatic heterocycles. The minimum Gasteiger partial charge on any atom is -0.314 e. The second-order valence-corrected chi connectivity index (χ2v) is 7.81. The summed E-state index contributed by atoms with van der Waals surface area (Å²) in [5, 5.41) is 3.18. The summed E-state index contributed by atoms with van der Waals surface area (Å²) in [6.45, 7) is 2.83. The van der Waals surface area contributed by atoms with E-state index in [0.29, 0.717) is 13.1 Å². The average Bonchev–Trinajstić information content (AvgIpc) is 2.47. The van der Waals surface area contributed by atoms with Gasteiger partial charge in [-0.2, -0.15) is 13.2 Å². The first-order chi connectivity index (χ1) is 10.7. The molecular weight excluding hydrogens is 365 g/mol. The molecule has 0 radical (unpaired) electrons. The van der Waals surface area contributed by atoms with E-state index < -0.39 is 22.4 Å². The number of nitrogens with zero attached hydrogens (tertiary/aromatic N) is 1. The molecule has 9 heteroatoms. The van der Waals surface area contributed by atoms with Gasteiger partial charge in [0, 0.05) is 44.9 Å². The Bertz CT molecular complexity index is 615. The van der Waals surface area contributed by atoms with Crippen molar-refractivity contribution in [3.63, 3.8) is 0 Å². The Morgan fingerprint density at radius 1 is 1.17 bits per heavy atom. The molecule has 138 valence electrons. The van der Waals surface area contributed by atoms with Crippen molar-refractivity contribution >= 4 is 22.2 Å². The first-order valence-electron chi connectivity index (χ1n) is 7.48. The number of halogens is 4. The fourth-order valence-electron chi connectivity index (χ4n) is 2.79. The van der Waals surface area contributed by atoms with Crippen LogP contribution in [-0.4, -0.2) is 51.9 Å². The molecule has 0 spiro atoms. The second kappa shape index (κ2) is 8.51. The number of benzene rings is 1. The van der Waals surface area contributed by atoms with Crippen LogP contribution in [0.25, 0.3) is 0 Å². The number of rotatable bonds is 5. The molecule has 1 aliphatic heterocycles. The molecule has 0 amide bonds. The number of nitrogens with one attached hydrogen (secondary N) is 1. The third-order valence-electron chi connectivity index (χ3n) is 3.99. The molecule has 1 aromatic carbocycles. The van der Waals surface area contributed by atoms with Gasteiger partial charge in [-0.25, -0.2) is 8.42 Å². The van der Waals surface area contributed by atoms with Crippen LogP contribution in [0.1, 0.15) is 24.4 Å². The molecule has 0 bridgehead atoms. The topological polar surface area (TPSA) is 49.4 Å². The highest BCUT2D eigenvalue weighted by Gasteiger charge is 2.31. The molecule has 24 heavy (non-hydrogen) atoms. The van der Waals surface area contributed by atoms with Gasteiger partial charge in [-0.05, 0) is 24.1 Å². The summed E-state index contributed by atoms with van der Waals surface area (Å²) in [7, 11) is -3.31. The van der Waals surface area contributed by atoms with Crippen molar-refractivity contribution in [3.05, 3.63) is 29.8 Å². The van der Waals surface area contributed by atoms with Gasteiger partial charge in [0.05, 0.1) is 4.90 Å². The highest BCUT2D eigenvalue weighted by atomic mass is 35.5. The smallest absolute Gasteiger partial charge is 0.314 e. The number of hydrogen-bond acceptors (Lipinski definition) is 4. The molecule has 1 saturated heterocycles. The van der Waals surface area contributed by atoms with Crippen LogP contribution in [0.2, 0.25) is 0 Å². The van der Waals surface area contributed by atoms with Crippen molar-refractivity contribution in [1.29, 1.82) is 0 Å². The standard InChI is InChI=1S/C15H21F3N2O2S.ClH/c1-23(21,22)13-4-2-12(3-5-13)14(6-7-15(16,17)18)20-10-8-19-9-11-20;/h2-5,14,19H,6-11H2,1H3;1H/t14-;/m1./s1. The summed E-state index contributed by atoms with van der Waals surface area (Å²) in [5.74, 6) is 0. The normalized spacial score (nSPS) is 18.0. The van der Waals surface area contributed by atoms with Gasteiger partial charge in [-0.15, -0.1) is 12.4 Å². The third kappa shape index (κ3) is 6.23. The average molecular weight is 387 g/mol. The van der Waals surface area contributed by atoms with E-state index in [4.69, 9.17) is 0 Å². The Balaban J connectivity index is 0.00000288. The number of alkyl halides is 3. The number of piperazine rings is 1. The number of sulfone groups is 1. The van der Waals surface area contributed by atoms with Crippen molar-refractivity contribution in [2.45, 2.75) is 30.0 Å². The molecule has 0 saturated carbocycles. The first kappa shape index (κ1) is 21.2. The Morgan fingerprint density at radius 3 is 2.17 bits per heavy atom. The zero-order chi connectivity index (χ0) is 17.1. The summed E-state index contributed by atoms with van der Waals surface area (Å²) >= 11 is 0. The Hall–Kier alpha value is -0.830. The zero-order valence-corrected chi connectivity index (χ0v) is 15.0. The van der Waals surface area contributed by atoms with Crippen LogP contribution in [-0.2, 0) is 9.84 Å². The lowest BCUT2D eigenvalue weighted by Crippen LogP contribution is -2.45. The van der Waals surface area contributed by atoms with Gasteiger partial charge < -0.3 is 5.32 Å². The molecule has 4 nitrogen and oxygen atoms in total. The fourth-order valence-corrected chi connectivity index (χ4v) is 3.42. The summed E-state index contributed by atoms with van der Waals surface area (Å²) in [6.07, 6.45) is -3.96. The Labute approximate surface area is 146 Å². The summed E-state index contributed by atoms with van der Waals surface area (Å²) < 4.78 is 60.8. The highest BCUT2D eigenvalue weighted by molar-refractivity contribution is 7.90. The van der Waals surface area contributed by atoms with Crippen LogP contribution < -0.4 is 5.32 Å². The molecule has 1 atom stereocenters. The third-order valence-corrected chi connectivity index (χ3v) is 5.12. The molecule has 1 heterocycles. The Kier molecular flexibility index (Phi) is 7.52. The van der Waals surface area contributed by atoms with E-state index in [-0.39, 0.29) is 29.8 Å². The predicted octanol–water partition coefficient (Wildman–Crippen LogP) is 2.80. The monoisotopic (exact) mass is 386 g/mol. The lowest BCUT2D eigenvalue weighted by atomic mass is 9.99. The number of hydrogen-bond donors (Lipinski definition) is 1. The van der Waals surface area contributed by atoms with Crippen molar-refractivity contribution in [2.24, 2.45) is 0 Å². The molecule has 2 rings (SSSR count). The fraction of sp³-hybridized carbons (Fsp3) is 0.600. The van der Waals surface area contributed by atoms with E-state index in [9.17, 15) is 21.6 Å². The van der Waals surface area contributed by atoms with E-state index in [1.807, 2.05) is 4.90 Å². The minimum atomic E-state index is -4.20. The van der Waals surface area contributed by atoms with E-state index in [0.717, 1.165) is 24.9 Å². The predicted molar refractivity (Wildman–Crippen MR) is 89.3 cm³/mol. The van der Waals surface area contributed by atoms with Crippen molar-refractivity contribution in [2.75, 3.05) is 32.4 Å². The van der Waals surface area contributed by atoms with Crippen LogP contribution in [0.5, 0.6) is 0 Å². The zero-order valence-electron chi connectivity index (χ0n) is 13.3. The van der Waals surface area contributed by atoms with E-state index in [1.54, 1.807) is 12.1 Å². The molecule has 1 aliphatic rings. The molecule has 1 N–H and O–H groups in total. The van der Waals surface area contributed by atoms with Gasteiger partial charge in [-0.3, -0.25) is 4.90 Å². The van der Waals surface area contributed by atoms with Gasteiger partial charge in [0.2, 0.25) is 0 Å². The quantitative estimate of drug-likeness (QED) is 0.845. The molecule has 0 aliphatic carbocycles. The van der Waals surface area contributed by atoms with Crippen LogP contribution in [0, 0.1) is 0 Å². The van der Waals surface area contributed by atoms with Crippen LogP contribution in [0.15, 0.2) is 29.2 Å². The van der Waals surface area contributed by atoms with Crippen LogP contribution >= 0.6 is 12.4 Å². The van der Waals surface area contributed by atoms with Gasteiger partial charge in [0.15, 0.2) is 9.84 Å². The maximum atomic E-state index is 12.6. The summed E-state index contributed by atoms with van der Waals surface area (Å²) in [6, 6.07) is 5.83. The van der Waals surface area contributed by atoms with Crippen molar-refractivity contribution < 1.29 is 21.6 Å². The summed E-state index contributed by atoms with van der Waals surface area (Å²) in [5.41, 5.74) is 0.726. The minimum absolute atomic E-state index is 0. The maximum absolute atomic E-state index is 12.6. The van der Waals surface area contributed by atoms with E-state index in [1.165, 1.54) is 12.1 Å². The van der Waals surface area contributed by atoms with Gasteiger partial charge in [0.1, 0.15) is 0 Å². The first-order valence-corrected chi connectivity index (χ1v) is 9.37. The largest absolute Gasteiger partial charge is 0.389 e. The van der Waals surface area contributed by atoms with E-state index in [2.05, 4.69) is 5.32 Å². The second-order valence-electron chi connectivity index (χ2n) is 5.80. The Morgan fingerprint density at radius 2 is 1.71 bits per heavy atom. The molecule has 0 unspecified atom stereocenters. The molecular formula is C15H22ClF3N2O2S. The SMILES string of the molecule is CS(=O)(=O)c1ccc([C@@H](CCC(F)(F)F)N2CCNCC2)cc1.Cl. The van der Waals surface area contributed by atoms with Crippen LogP contribution in [0.4, 0.5) is 13.2 Å². The van der Waals surface area contributed by atoms with Crippen LogP contribution in [0.3, 0.4) is 0 Å². The van der Waals surface area contributed by atoms with Crippen molar-refractivity contribution in [1.82, 2.24) is 10.2 Å². The van der Waals surface area contributed by atoms with Gasteiger partial charge in [-0.1, -0.05) is 12.1 Å². The maximum Gasteiger partial charge on any atom is 0.389 e.